The van der Waals surface area contributed by atoms with Crippen molar-refractivity contribution in [3.8, 4) is 5.75 Å². The van der Waals surface area contributed by atoms with E-state index in [1.165, 1.54) is 47.6 Å². The summed E-state index contributed by atoms with van der Waals surface area (Å²) >= 11 is 5.89. The molecular formula is C26H26ClN3O7S. The van der Waals surface area contributed by atoms with Crippen molar-refractivity contribution in [3.63, 3.8) is 0 Å². The van der Waals surface area contributed by atoms with Crippen LogP contribution in [0.25, 0.3) is 0 Å². The Bertz CT molecular complexity index is 1380. The lowest BCUT2D eigenvalue weighted by molar-refractivity contribution is -0.132. The fourth-order valence-electron chi connectivity index (χ4n) is 3.97. The van der Waals surface area contributed by atoms with Crippen LogP contribution < -0.4 is 10.1 Å². The maximum atomic E-state index is 13.5. The van der Waals surface area contributed by atoms with E-state index in [0.717, 1.165) is 0 Å². The number of halogens is 1. The molecule has 0 spiro atoms. The molecule has 200 valence electrons. The summed E-state index contributed by atoms with van der Waals surface area (Å²) in [6.45, 7) is 2.94. The largest absolute Gasteiger partial charge is 0.494 e. The number of hydrogen-bond acceptors (Lipinski definition) is 7. The summed E-state index contributed by atoms with van der Waals surface area (Å²) in [5.41, 5.74) is 0.474. The summed E-state index contributed by atoms with van der Waals surface area (Å²) in [6, 6.07) is 14.9. The normalized spacial score (nSPS) is 14.6. The Balaban J connectivity index is 1.49. The van der Waals surface area contributed by atoms with Gasteiger partial charge in [0.1, 0.15) is 5.75 Å². The Labute approximate surface area is 225 Å². The Hall–Kier alpha value is -3.83. The summed E-state index contributed by atoms with van der Waals surface area (Å²) in [6.07, 6.45) is 1.26. The van der Waals surface area contributed by atoms with Gasteiger partial charge in [-0.3, -0.25) is 14.4 Å². The van der Waals surface area contributed by atoms with Gasteiger partial charge in [0.25, 0.3) is 17.7 Å². The number of amides is 3. The lowest BCUT2D eigenvalue weighted by atomic mass is 10.1. The summed E-state index contributed by atoms with van der Waals surface area (Å²) in [4.78, 5) is 41.8. The minimum Gasteiger partial charge on any atom is -0.494 e. The number of nitrogens with one attached hydrogen (secondary N) is 1. The van der Waals surface area contributed by atoms with Crippen LogP contribution in [-0.2, 0) is 14.6 Å². The van der Waals surface area contributed by atoms with Gasteiger partial charge in [-0.1, -0.05) is 11.6 Å². The van der Waals surface area contributed by atoms with Crippen LogP contribution in [0.5, 0.6) is 5.75 Å². The third-order valence-corrected chi connectivity index (χ3v) is 8.10. The molecule has 2 heterocycles. The molecule has 0 radical (unpaired) electrons. The molecular weight excluding hydrogens is 534 g/mol. The zero-order chi connectivity index (χ0) is 27.3. The lowest BCUT2D eigenvalue weighted by Gasteiger charge is -2.36. The van der Waals surface area contributed by atoms with Crippen LogP contribution >= 0.6 is 11.6 Å². The third-order valence-electron chi connectivity index (χ3n) is 5.97. The number of hydrogen-bond donors (Lipinski definition) is 1. The highest BCUT2D eigenvalue weighted by atomic mass is 35.5. The van der Waals surface area contributed by atoms with Crippen LogP contribution in [0.2, 0.25) is 5.02 Å². The molecule has 0 saturated carbocycles. The Morgan fingerprint density at radius 2 is 1.61 bits per heavy atom. The summed E-state index contributed by atoms with van der Waals surface area (Å²) < 4.78 is 37.4. The quantitative estimate of drug-likeness (QED) is 0.449. The average Bonchev–Trinajstić information content (AvgIpc) is 3.47. The Morgan fingerprint density at radius 1 is 0.974 bits per heavy atom. The highest BCUT2D eigenvalue weighted by molar-refractivity contribution is 7.92. The molecule has 1 aromatic heterocycles. The smallest absolute Gasteiger partial charge is 0.288 e. The zero-order valence-corrected chi connectivity index (χ0v) is 22.1. The van der Waals surface area contributed by atoms with Gasteiger partial charge in [0.2, 0.25) is 15.2 Å². The minimum absolute atomic E-state index is 0.0882. The summed E-state index contributed by atoms with van der Waals surface area (Å²) in [5.74, 6) is -1.36. The van der Waals surface area contributed by atoms with Crippen molar-refractivity contribution in [2.45, 2.75) is 17.2 Å². The molecule has 1 atom stereocenters. The number of piperazine rings is 1. The van der Waals surface area contributed by atoms with Gasteiger partial charge >= 0.3 is 0 Å². The lowest BCUT2D eigenvalue weighted by Crippen LogP contribution is -2.57. The van der Waals surface area contributed by atoms with Crippen molar-refractivity contribution >= 4 is 39.2 Å². The first-order valence-electron chi connectivity index (χ1n) is 11.9. The van der Waals surface area contributed by atoms with E-state index >= 15 is 0 Å². The maximum Gasteiger partial charge on any atom is 0.288 e. The number of furan rings is 1. The third kappa shape index (κ3) is 6.00. The van der Waals surface area contributed by atoms with E-state index < -0.39 is 27.0 Å². The van der Waals surface area contributed by atoms with Crippen LogP contribution in [-0.4, -0.2) is 74.1 Å². The summed E-state index contributed by atoms with van der Waals surface area (Å²) in [7, 11) is -4.35. The molecule has 1 aliphatic heterocycles. The predicted octanol–water partition coefficient (Wildman–Crippen LogP) is 2.85. The number of carbonyl (C=O) groups is 3. The van der Waals surface area contributed by atoms with E-state index in [0.29, 0.717) is 22.9 Å². The summed E-state index contributed by atoms with van der Waals surface area (Å²) in [5, 5.41) is 0.720. The van der Waals surface area contributed by atoms with Crippen molar-refractivity contribution in [2.24, 2.45) is 0 Å². The van der Waals surface area contributed by atoms with Crippen molar-refractivity contribution in [3.05, 3.63) is 83.3 Å². The van der Waals surface area contributed by atoms with E-state index in [9.17, 15) is 22.8 Å². The molecule has 3 amide bonds. The molecule has 1 N–H and O–H groups in total. The van der Waals surface area contributed by atoms with E-state index in [2.05, 4.69) is 5.32 Å². The van der Waals surface area contributed by atoms with E-state index in [1.54, 1.807) is 29.2 Å². The van der Waals surface area contributed by atoms with Crippen LogP contribution in [0.4, 0.5) is 0 Å². The number of carbonyl (C=O) groups excluding carboxylic acids is 3. The molecule has 0 bridgehead atoms. The molecule has 4 rings (SSSR count). The van der Waals surface area contributed by atoms with Gasteiger partial charge in [-0.05, 0) is 67.6 Å². The topological polar surface area (TPSA) is 126 Å². The predicted molar refractivity (Wildman–Crippen MR) is 139 cm³/mol. The molecule has 1 saturated heterocycles. The average molecular weight is 560 g/mol. The van der Waals surface area contributed by atoms with Crippen LogP contribution in [0.15, 0.2) is 76.2 Å². The molecule has 0 aliphatic carbocycles. The van der Waals surface area contributed by atoms with Gasteiger partial charge in [-0.15, -0.1) is 0 Å². The molecule has 10 nitrogen and oxygen atoms in total. The van der Waals surface area contributed by atoms with Gasteiger partial charge < -0.3 is 24.3 Å². The van der Waals surface area contributed by atoms with Crippen LogP contribution in [0.1, 0.15) is 27.8 Å². The SMILES string of the molecule is CCOc1ccc(C(=O)N2CCN(C(=O)[C@@H](NC(=O)c3ccco3)S(=O)(=O)c3ccc(Cl)cc3)CC2)cc1. The molecule has 38 heavy (non-hydrogen) atoms. The number of ether oxygens (including phenoxy) is 1. The van der Waals surface area contributed by atoms with E-state index in [-0.39, 0.29) is 42.7 Å². The molecule has 1 aliphatic rings. The number of rotatable bonds is 8. The molecule has 3 aromatic rings. The maximum absolute atomic E-state index is 13.5. The second-order valence-corrected chi connectivity index (χ2v) is 10.9. The standard InChI is InChI=1S/C26H26ClN3O7S/c1-2-36-20-9-5-18(6-10-20)25(32)29-13-15-30(16-14-29)26(33)24(28-23(31)22-4-3-17-37-22)38(34,35)21-11-7-19(27)8-12-21/h3-12,17,24H,2,13-16H2,1H3,(H,28,31)/t24-/m0/s1. The number of benzene rings is 2. The Morgan fingerprint density at radius 3 is 2.18 bits per heavy atom. The van der Waals surface area contributed by atoms with Crippen molar-refractivity contribution in [2.75, 3.05) is 32.8 Å². The first-order chi connectivity index (χ1) is 18.2. The van der Waals surface area contributed by atoms with Crippen molar-refractivity contribution < 1.29 is 32.0 Å². The fraction of sp³-hybridized carbons (Fsp3) is 0.269. The van der Waals surface area contributed by atoms with Crippen molar-refractivity contribution in [1.29, 1.82) is 0 Å². The highest BCUT2D eigenvalue weighted by Crippen LogP contribution is 2.21. The Kier molecular flexibility index (Phi) is 8.38. The van der Waals surface area contributed by atoms with Gasteiger partial charge in [0.15, 0.2) is 5.76 Å². The molecule has 0 unspecified atom stereocenters. The number of nitrogens with zero attached hydrogens (tertiary/aromatic N) is 2. The zero-order valence-electron chi connectivity index (χ0n) is 20.5. The molecule has 2 aromatic carbocycles. The first-order valence-corrected chi connectivity index (χ1v) is 13.8. The van der Waals surface area contributed by atoms with Gasteiger partial charge in [0, 0.05) is 36.8 Å². The van der Waals surface area contributed by atoms with Crippen LogP contribution in [0.3, 0.4) is 0 Å². The van der Waals surface area contributed by atoms with Gasteiger partial charge in [0.05, 0.1) is 17.8 Å². The van der Waals surface area contributed by atoms with Crippen molar-refractivity contribution in [1.82, 2.24) is 15.1 Å². The fourth-order valence-corrected chi connectivity index (χ4v) is 5.56. The second kappa shape index (κ2) is 11.7. The van der Waals surface area contributed by atoms with Crippen LogP contribution in [0, 0.1) is 0 Å². The molecule has 12 heteroatoms. The van der Waals surface area contributed by atoms with Gasteiger partial charge in [-0.25, -0.2) is 8.42 Å². The second-order valence-electron chi connectivity index (χ2n) is 8.40. The van der Waals surface area contributed by atoms with Gasteiger partial charge in [-0.2, -0.15) is 0 Å². The number of sulfone groups is 1. The van der Waals surface area contributed by atoms with E-state index in [4.69, 9.17) is 20.8 Å². The first kappa shape index (κ1) is 27.2. The highest BCUT2D eigenvalue weighted by Gasteiger charge is 2.40. The van der Waals surface area contributed by atoms with E-state index in [1.807, 2.05) is 6.92 Å². The monoisotopic (exact) mass is 559 g/mol. The molecule has 1 fully saturated rings. The minimum atomic E-state index is -4.35.